The molecule has 1 aromatic rings. The first kappa shape index (κ1) is 14.3. The van der Waals surface area contributed by atoms with Crippen molar-refractivity contribution in [1.82, 2.24) is 0 Å². The zero-order chi connectivity index (χ0) is 13.5. The maximum Gasteiger partial charge on any atom is 0.347 e. The van der Waals surface area contributed by atoms with Crippen LogP contribution in [0.1, 0.15) is 26.7 Å². The number of esters is 1. The van der Waals surface area contributed by atoms with Crippen molar-refractivity contribution in [3.63, 3.8) is 0 Å². The van der Waals surface area contributed by atoms with Gasteiger partial charge in [-0.3, -0.25) is 0 Å². The van der Waals surface area contributed by atoms with E-state index in [2.05, 4.69) is 0 Å². The maximum absolute atomic E-state index is 13.1. The predicted octanol–water partition coefficient (Wildman–Crippen LogP) is 2.52. The summed E-state index contributed by atoms with van der Waals surface area (Å²) >= 11 is 0. The van der Waals surface area contributed by atoms with Gasteiger partial charge in [0, 0.05) is 6.07 Å². The molecule has 2 N–H and O–H groups in total. The normalized spacial score (nSPS) is 11.9. The fourth-order valence-corrected chi connectivity index (χ4v) is 1.49. The Kier molecular flexibility index (Phi) is 5.42. The number of benzene rings is 1. The second kappa shape index (κ2) is 6.83. The Hall–Kier alpha value is -1.78. The predicted molar refractivity (Wildman–Crippen MR) is 66.8 cm³/mol. The minimum Gasteiger partial charge on any atom is -0.476 e. The minimum absolute atomic E-state index is 0.168. The highest BCUT2D eigenvalue weighted by Crippen LogP contribution is 2.24. The summed E-state index contributed by atoms with van der Waals surface area (Å²) in [6.45, 7) is 3.92. The summed E-state index contributed by atoms with van der Waals surface area (Å²) in [6.07, 6.45) is 0.493. The molecule has 0 saturated heterocycles. The number of hydrogen-bond donors (Lipinski definition) is 1. The van der Waals surface area contributed by atoms with Crippen LogP contribution >= 0.6 is 0 Å². The molecule has 1 unspecified atom stereocenters. The van der Waals surface area contributed by atoms with Gasteiger partial charge in [0.15, 0.2) is 6.10 Å². The number of carbonyl (C=O) groups excluding carboxylic acids is 1. The molecule has 1 aromatic carbocycles. The van der Waals surface area contributed by atoms with Crippen LogP contribution in [0.5, 0.6) is 5.75 Å². The van der Waals surface area contributed by atoms with Crippen LogP contribution in [0.3, 0.4) is 0 Å². The van der Waals surface area contributed by atoms with E-state index in [0.29, 0.717) is 12.1 Å². The topological polar surface area (TPSA) is 61.5 Å². The van der Waals surface area contributed by atoms with E-state index in [1.165, 1.54) is 12.1 Å². The summed E-state index contributed by atoms with van der Waals surface area (Å²) in [7, 11) is 0. The van der Waals surface area contributed by atoms with Crippen LogP contribution in [0.4, 0.5) is 10.1 Å². The molecular formula is C13H18FNO3. The van der Waals surface area contributed by atoms with Crippen molar-refractivity contribution in [1.29, 1.82) is 0 Å². The number of rotatable bonds is 6. The van der Waals surface area contributed by atoms with Gasteiger partial charge in [-0.1, -0.05) is 13.3 Å². The molecule has 0 fully saturated rings. The lowest BCUT2D eigenvalue weighted by molar-refractivity contribution is -0.151. The summed E-state index contributed by atoms with van der Waals surface area (Å²) < 4.78 is 23.4. The molecule has 100 valence electrons. The summed E-state index contributed by atoms with van der Waals surface area (Å²) in [5.74, 6) is -0.747. The lowest BCUT2D eigenvalue weighted by Gasteiger charge is -2.18. The van der Waals surface area contributed by atoms with Crippen LogP contribution in [0.2, 0.25) is 0 Å². The van der Waals surface area contributed by atoms with E-state index in [-0.39, 0.29) is 12.4 Å². The molecule has 1 atom stereocenters. The molecule has 0 aliphatic rings. The standard InChI is InChI=1S/C13H18FNO3/c1-3-5-11(13(16)17-4-2)18-12-8-9(14)6-7-10(12)15/h6-8,11H,3-5,15H2,1-2H3. The van der Waals surface area contributed by atoms with Crippen molar-refractivity contribution in [2.45, 2.75) is 32.8 Å². The van der Waals surface area contributed by atoms with Crippen molar-refractivity contribution < 1.29 is 18.7 Å². The zero-order valence-corrected chi connectivity index (χ0v) is 10.6. The summed E-state index contributed by atoms with van der Waals surface area (Å²) in [4.78, 5) is 11.7. The Morgan fingerprint density at radius 2 is 2.17 bits per heavy atom. The molecule has 0 heterocycles. The first-order valence-corrected chi connectivity index (χ1v) is 5.96. The van der Waals surface area contributed by atoms with Gasteiger partial charge in [0.2, 0.25) is 0 Å². The molecule has 18 heavy (non-hydrogen) atoms. The largest absolute Gasteiger partial charge is 0.476 e. The van der Waals surface area contributed by atoms with E-state index in [1.54, 1.807) is 6.92 Å². The molecule has 0 amide bonds. The number of nitrogens with two attached hydrogens (primary N) is 1. The molecule has 0 saturated carbocycles. The number of carbonyl (C=O) groups is 1. The Bertz CT molecular complexity index is 409. The highest BCUT2D eigenvalue weighted by atomic mass is 19.1. The minimum atomic E-state index is -0.751. The molecule has 0 spiro atoms. The van der Waals surface area contributed by atoms with Gasteiger partial charge in [0.1, 0.15) is 11.6 Å². The highest BCUT2D eigenvalue weighted by molar-refractivity contribution is 5.75. The van der Waals surface area contributed by atoms with E-state index in [9.17, 15) is 9.18 Å². The third-order valence-electron chi connectivity index (χ3n) is 2.35. The van der Waals surface area contributed by atoms with Gasteiger partial charge in [-0.15, -0.1) is 0 Å². The molecular weight excluding hydrogens is 237 g/mol. The molecule has 1 rings (SSSR count). The monoisotopic (exact) mass is 255 g/mol. The molecule has 5 heteroatoms. The van der Waals surface area contributed by atoms with E-state index < -0.39 is 17.9 Å². The van der Waals surface area contributed by atoms with Crippen LogP contribution in [0, 0.1) is 5.82 Å². The van der Waals surface area contributed by atoms with Gasteiger partial charge in [-0.25, -0.2) is 9.18 Å². The van der Waals surface area contributed by atoms with E-state index >= 15 is 0 Å². The van der Waals surface area contributed by atoms with Crippen LogP contribution in [-0.4, -0.2) is 18.7 Å². The summed E-state index contributed by atoms with van der Waals surface area (Å²) in [6, 6.07) is 3.80. The Morgan fingerprint density at radius 1 is 1.44 bits per heavy atom. The molecule has 0 aromatic heterocycles. The molecule has 0 aliphatic heterocycles. The van der Waals surface area contributed by atoms with Crippen LogP contribution in [0.15, 0.2) is 18.2 Å². The van der Waals surface area contributed by atoms with Gasteiger partial charge in [0.25, 0.3) is 0 Å². The van der Waals surface area contributed by atoms with Gasteiger partial charge in [-0.05, 0) is 25.5 Å². The van der Waals surface area contributed by atoms with Gasteiger partial charge in [-0.2, -0.15) is 0 Å². The van der Waals surface area contributed by atoms with Crippen molar-refractivity contribution in [3.05, 3.63) is 24.0 Å². The Labute approximate surface area is 106 Å². The Balaban J connectivity index is 2.82. The first-order valence-electron chi connectivity index (χ1n) is 5.96. The molecule has 0 aliphatic carbocycles. The van der Waals surface area contributed by atoms with Crippen molar-refractivity contribution >= 4 is 11.7 Å². The second-order valence-electron chi connectivity index (χ2n) is 3.83. The quantitative estimate of drug-likeness (QED) is 0.626. The molecule has 4 nitrogen and oxygen atoms in total. The third kappa shape index (κ3) is 3.91. The van der Waals surface area contributed by atoms with Crippen LogP contribution < -0.4 is 10.5 Å². The fourth-order valence-electron chi connectivity index (χ4n) is 1.49. The van der Waals surface area contributed by atoms with Gasteiger partial charge < -0.3 is 15.2 Å². The van der Waals surface area contributed by atoms with E-state index in [4.69, 9.17) is 15.2 Å². The van der Waals surface area contributed by atoms with Crippen molar-refractivity contribution in [3.8, 4) is 5.75 Å². The van der Waals surface area contributed by atoms with Crippen molar-refractivity contribution in [2.24, 2.45) is 0 Å². The number of ether oxygens (including phenoxy) is 2. The Morgan fingerprint density at radius 3 is 2.78 bits per heavy atom. The second-order valence-corrected chi connectivity index (χ2v) is 3.83. The number of halogens is 1. The number of nitrogen functional groups attached to an aromatic ring is 1. The summed E-state index contributed by atoms with van der Waals surface area (Å²) in [5.41, 5.74) is 5.96. The third-order valence-corrected chi connectivity index (χ3v) is 2.35. The van der Waals surface area contributed by atoms with Gasteiger partial charge >= 0.3 is 5.97 Å². The maximum atomic E-state index is 13.1. The molecule has 0 radical (unpaired) electrons. The van der Waals surface area contributed by atoms with Crippen LogP contribution in [-0.2, 0) is 9.53 Å². The SMILES string of the molecule is CCCC(Oc1cc(F)ccc1N)C(=O)OCC. The van der Waals surface area contributed by atoms with E-state index in [1.807, 2.05) is 6.92 Å². The lowest BCUT2D eigenvalue weighted by Crippen LogP contribution is -2.29. The number of anilines is 1. The molecule has 0 bridgehead atoms. The lowest BCUT2D eigenvalue weighted by atomic mass is 10.2. The average molecular weight is 255 g/mol. The zero-order valence-electron chi connectivity index (χ0n) is 10.6. The first-order chi connectivity index (χ1) is 8.58. The number of hydrogen-bond acceptors (Lipinski definition) is 4. The smallest absolute Gasteiger partial charge is 0.347 e. The average Bonchev–Trinajstić information content (AvgIpc) is 2.33. The van der Waals surface area contributed by atoms with Crippen molar-refractivity contribution in [2.75, 3.05) is 12.3 Å². The fraction of sp³-hybridized carbons (Fsp3) is 0.462. The summed E-state index contributed by atoms with van der Waals surface area (Å²) in [5, 5.41) is 0. The van der Waals surface area contributed by atoms with Gasteiger partial charge in [0.05, 0.1) is 12.3 Å². The van der Waals surface area contributed by atoms with Crippen LogP contribution in [0.25, 0.3) is 0 Å². The van der Waals surface area contributed by atoms with E-state index in [0.717, 1.165) is 12.5 Å². The highest BCUT2D eigenvalue weighted by Gasteiger charge is 2.21.